The fourth-order valence-corrected chi connectivity index (χ4v) is 3.04. The third-order valence-electron chi connectivity index (χ3n) is 3.87. The van der Waals surface area contributed by atoms with Crippen LogP contribution in [-0.2, 0) is 6.54 Å². The second kappa shape index (κ2) is 7.88. The zero-order valence-electron chi connectivity index (χ0n) is 11.9. The summed E-state index contributed by atoms with van der Waals surface area (Å²) in [6, 6.07) is 8.22. The Morgan fingerprint density at radius 3 is 2.68 bits per heavy atom. The van der Waals surface area contributed by atoms with Gasteiger partial charge in [-0.3, -0.25) is 4.90 Å². The van der Waals surface area contributed by atoms with Crippen molar-refractivity contribution in [1.82, 2.24) is 10.2 Å². The van der Waals surface area contributed by atoms with Crippen molar-refractivity contribution in [3.63, 3.8) is 0 Å². The molecule has 1 heterocycles. The fraction of sp³-hybridized carbons (Fsp3) is 0.625. The lowest BCUT2D eigenvalue weighted by Crippen LogP contribution is -2.36. The van der Waals surface area contributed by atoms with E-state index in [-0.39, 0.29) is 0 Å². The van der Waals surface area contributed by atoms with E-state index >= 15 is 0 Å². The van der Waals surface area contributed by atoms with Crippen LogP contribution in [0.3, 0.4) is 0 Å². The fourth-order valence-electron chi connectivity index (χ4n) is 2.85. The van der Waals surface area contributed by atoms with E-state index in [1.807, 2.05) is 12.1 Å². The monoisotopic (exact) mass is 280 g/mol. The van der Waals surface area contributed by atoms with Crippen LogP contribution in [0.5, 0.6) is 0 Å². The second-order valence-corrected chi connectivity index (χ2v) is 5.93. The predicted octanol–water partition coefficient (Wildman–Crippen LogP) is 3.55. The van der Waals surface area contributed by atoms with Gasteiger partial charge in [-0.2, -0.15) is 0 Å². The molecule has 0 amide bonds. The van der Waals surface area contributed by atoms with Crippen molar-refractivity contribution in [3.8, 4) is 0 Å². The maximum Gasteiger partial charge on any atom is 0.0451 e. The topological polar surface area (TPSA) is 15.3 Å². The van der Waals surface area contributed by atoms with Gasteiger partial charge in [0, 0.05) is 18.1 Å². The number of nitrogens with one attached hydrogen (secondary N) is 1. The van der Waals surface area contributed by atoms with Crippen molar-refractivity contribution in [2.45, 2.75) is 32.7 Å². The molecule has 1 aliphatic rings. The molecular formula is C16H25ClN2. The summed E-state index contributed by atoms with van der Waals surface area (Å²) in [5, 5.41) is 4.34. The van der Waals surface area contributed by atoms with Crippen LogP contribution in [0.4, 0.5) is 0 Å². The number of piperidine rings is 1. The van der Waals surface area contributed by atoms with Crippen molar-refractivity contribution in [3.05, 3.63) is 34.9 Å². The summed E-state index contributed by atoms with van der Waals surface area (Å²) in [6.07, 6.45) is 3.82. The molecule has 0 unspecified atom stereocenters. The molecule has 0 saturated carbocycles. The number of halogens is 1. The first-order valence-electron chi connectivity index (χ1n) is 7.46. The number of nitrogens with zero attached hydrogens (tertiary/aromatic N) is 1. The number of hydrogen-bond acceptors (Lipinski definition) is 2. The van der Waals surface area contributed by atoms with Gasteiger partial charge in [0.15, 0.2) is 0 Å². The molecule has 19 heavy (non-hydrogen) atoms. The van der Waals surface area contributed by atoms with Gasteiger partial charge in [0.2, 0.25) is 0 Å². The Kier molecular flexibility index (Phi) is 6.15. The van der Waals surface area contributed by atoms with Crippen LogP contribution in [0, 0.1) is 5.92 Å². The Labute approximate surface area is 122 Å². The first-order chi connectivity index (χ1) is 9.29. The van der Waals surface area contributed by atoms with Gasteiger partial charge in [0.05, 0.1) is 0 Å². The van der Waals surface area contributed by atoms with Gasteiger partial charge in [0.25, 0.3) is 0 Å². The van der Waals surface area contributed by atoms with Crippen LogP contribution in [0.15, 0.2) is 24.3 Å². The zero-order chi connectivity index (χ0) is 13.5. The van der Waals surface area contributed by atoms with Gasteiger partial charge >= 0.3 is 0 Å². The van der Waals surface area contributed by atoms with Gasteiger partial charge in [-0.25, -0.2) is 0 Å². The minimum Gasteiger partial charge on any atom is -0.317 e. The van der Waals surface area contributed by atoms with Crippen LogP contribution in [-0.4, -0.2) is 31.1 Å². The van der Waals surface area contributed by atoms with E-state index in [2.05, 4.69) is 29.3 Å². The molecule has 2 rings (SSSR count). The molecule has 106 valence electrons. The molecule has 0 aliphatic carbocycles. The van der Waals surface area contributed by atoms with Gasteiger partial charge in [-0.05, 0) is 56.4 Å². The Hall–Kier alpha value is -0.570. The molecule has 1 aromatic carbocycles. The standard InChI is InChI=1S/C16H25ClN2/c1-2-11-19(12-14-7-9-18-10-8-14)13-15-5-3-4-6-16(15)17/h3-6,14,18H,2,7-13H2,1H3. The van der Waals surface area contributed by atoms with Crippen molar-refractivity contribution >= 4 is 11.6 Å². The van der Waals surface area contributed by atoms with Gasteiger partial charge < -0.3 is 5.32 Å². The van der Waals surface area contributed by atoms with Gasteiger partial charge in [0.1, 0.15) is 0 Å². The smallest absolute Gasteiger partial charge is 0.0451 e. The van der Waals surface area contributed by atoms with Crippen molar-refractivity contribution < 1.29 is 0 Å². The highest BCUT2D eigenvalue weighted by Crippen LogP contribution is 2.20. The molecule has 1 aromatic rings. The number of benzene rings is 1. The van der Waals surface area contributed by atoms with Crippen molar-refractivity contribution in [2.75, 3.05) is 26.2 Å². The van der Waals surface area contributed by atoms with Crippen molar-refractivity contribution in [1.29, 1.82) is 0 Å². The minimum absolute atomic E-state index is 0.843. The lowest BCUT2D eigenvalue weighted by Gasteiger charge is -2.30. The molecule has 3 heteroatoms. The van der Waals surface area contributed by atoms with E-state index < -0.39 is 0 Å². The third kappa shape index (κ3) is 4.79. The third-order valence-corrected chi connectivity index (χ3v) is 4.24. The average Bonchev–Trinajstić information content (AvgIpc) is 2.43. The van der Waals surface area contributed by atoms with Crippen LogP contribution in [0.25, 0.3) is 0 Å². The summed E-state index contributed by atoms with van der Waals surface area (Å²) in [5.41, 5.74) is 1.26. The molecular weight excluding hydrogens is 256 g/mol. The number of rotatable bonds is 6. The quantitative estimate of drug-likeness (QED) is 0.857. The predicted molar refractivity (Wildman–Crippen MR) is 82.6 cm³/mol. The Bertz CT molecular complexity index is 375. The number of hydrogen-bond donors (Lipinski definition) is 1. The lowest BCUT2D eigenvalue weighted by atomic mass is 9.97. The van der Waals surface area contributed by atoms with E-state index in [1.54, 1.807) is 0 Å². The first-order valence-corrected chi connectivity index (χ1v) is 7.84. The van der Waals surface area contributed by atoms with E-state index in [0.717, 1.165) is 24.0 Å². The van der Waals surface area contributed by atoms with Crippen LogP contribution >= 0.6 is 11.6 Å². The van der Waals surface area contributed by atoms with Gasteiger partial charge in [-0.1, -0.05) is 36.7 Å². The maximum absolute atomic E-state index is 6.27. The molecule has 2 nitrogen and oxygen atoms in total. The molecule has 1 fully saturated rings. The largest absolute Gasteiger partial charge is 0.317 e. The van der Waals surface area contributed by atoms with Crippen LogP contribution in [0.2, 0.25) is 5.02 Å². The highest BCUT2D eigenvalue weighted by molar-refractivity contribution is 6.31. The normalized spacial score (nSPS) is 17.0. The van der Waals surface area contributed by atoms with E-state index in [1.165, 1.54) is 44.5 Å². The van der Waals surface area contributed by atoms with Crippen LogP contribution in [0.1, 0.15) is 31.7 Å². The molecule has 0 bridgehead atoms. The zero-order valence-corrected chi connectivity index (χ0v) is 12.6. The average molecular weight is 281 g/mol. The summed E-state index contributed by atoms with van der Waals surface area (Å²) in [7, 11) is 0. The summed E-state index contributed by atoms with van der Waals surface area (Å²) in [5.74, 6) is 0.843. The molecule has 1 saturated heterocycles. The molecule has 1 aliphatic heterocycles. The summed E-state index contributed by atoms with van der Waals surface area (Å²) >= 11 is 6.27. The minimum atomic E-state index is 0.843. The summed E-state index contributed by atoms with van der Waals surface area (Å²) in [4.78, 5) is 2.57. The SMILES string of the molecule is CCCN(Cc1ccccc1Cl)CC1CCNCC1. The van der Waals surface area contributed by atoms with Gasteiger partial charge in [-0.15, -0.1) is 0 Å². The summed E-state index contributed by atoms with van der Waals surface area (Å²) in [6.45, 7) is 7.96. The first kappa shape index (κ1) is 14.8. The molecule has 1 N–H and O–H groups in total. The second-order valence-electron chi connectivity index (χ2n) is 5.52. The molecule has 0 radical (unpaired) electrons. The van der Waals surface area contributed by atoms with E-state index in [4.69, 9.17) is 11.6 Å². The molecule has 0 atom stereocenters. The van der Waals surface area contributed by atoms with Crippen molar-refractivity contribution in [2.24, 2.45) is 5.92 Å². The Balaban J connectivity index is 1.93. The van der Waals surface area contributed by atoms with Crippen LogP contribution < -0.4 is 5.32 Å². The van der Waals surface area contributed by atoms with E-state index in [0.29, 0.717) is 0 Å². The molecule has 0 spiro atoms. The highest BCUT2D eigenvalue weighted by Gasteiger charge is 2.17. The molecule has 0 aromatic heterocycles. The highest BCUT2D eigenvalue weighted by atomic mass is 35.5. The van der Waals surface area contributed by atoms with E-state index in [9.17, 15) is 0 Å². The summed E-state index contributed by atoms with van der Waals surface area (Å²) < 4.78 is 0. The Morgan fingerprint density at radius 1 is 1.26 bits per heavy atom. The lowest BCUT2D eigenvalue weighted by molar-refractivity contribution is 0.199. The maximum atomic E-state index is 6.27. The Morgan fingerprint density at radius 2 is 2.00 bits per heavy atom.